The highest BCUT2D eigenvalue weighted by Gasteiger charge is 2.25. The first-order valence-electron chi connectivity index (χ1n) is 5.83. The fraction of sp³-hybridized carbons (Fsp3) is 0.909. The second-order valence-corrected chi connectivity index (χ2v) is 4.50. The summed E-state index contributed by atoms with van der Waals surface area (Å²) in [6, 6.07) is 0.505. The van der Waals surface area contributed by atoms with E-state index in [-0.39, 0.29) is 0 Å². The maximum atomic E-state index is 10.8. The number of nitrogens with zero attached hydrogens (tertiary/aromatic N) is 2. The molecule has 1 unspecified atom stereocenters. The number of amides is 1. The summed E-state index contributed by atoms with van der Waals surface area (Å²) < 4.78 is 0. The van der Waals surface area contributed by atoms with Crippen LogP contribution in [0.1, 0.15) is 32.1 Å². The summed E-state index contributed by atoms with van der Waals surface area (Å²) in [4.78, 5) is 15.3. The van der Waals surface area contributed by atoms with Crippen molar-refractivity contribution in [1.82, 2.24) is 9.80 Å². The third-order valence-electron chi connectivity index (χ3n) is 3.48. The summed E-state index contributed by atoms with van der Waals surface area (Å²) in [5.74, 6) is 0. The van der Waals surface area contributed by atoms with E-state index in [0.29, 0.717) is 6.04 Å². The van der Waals surface area contributed by atoms with Crippen molar-refractivity contribution in [3.63, 3.8) is 0 Å². The Balaban J connectivity index is 1.80. The van der Waals surface area contributed by atoms with Crippen molar-refractivity contribution in [2.45, 2.75) is 38.1 Å². The number of carbonyl (C=O) groups excluding carboxylic acids is 1. The highest BCUT2D eigenvalue weighted by molar-refractivity contribution is 5.48. The van der Waals surface area contributed by atoms with Crippen molar-refractivity contribution in [2.75, 3.05) is 26.2 Å². The topological polar surface area (TPSA) is 23.6 Å². The van der Waals surface area contributed by atoms with Gasteiger partial charge in [-0.3, -0.25) is 4.79 Å². The minimum Gasteiger partial charge on any atom is -0.341 e. The molecule has 1 atom stereocenters. The molecule has 0 N–H and O–H groups in total. The summed E-state index contributed by atoms with van der Waals surface area (Å²) in [5.41, 5.74) is 0. The average Bonchev–Trinajstić information content (AvgIpc) is 2.67. The molecule has 3 heteroatoms. The largest absolute Gasteiger partial charge is 0.341 e. The normalized spacial score (nSPS) is 29.4. The molecule has 0 spiro atoms. The second kappa shape index (κ2) is 4.78. The monoisotopic (exact) mass is 196 g/mol. The van der Waals surface area contributed by atoms with Gasteiger partial charge in [0.05, 0.1) is 0 Å². The lowest BCUT2D eigenvalue weighted by Gasteiger charge is -2.31. The Hall–Kier alpha value is -0.570. The summed E-state index contributed by atoms with van der Waals surface area (Å²) in [5, 5.41) is 0. The van der Waals surface area contributed by atoms with Crippen LogP contribution in [0.15, 0.2) is 0 Å². The van der Waals surface area contributed by atoms with E-state index in [0.717, 1.165) is 19.5 Å². The Kier molecular flexibility index (Phi) is 3.40. The Morgan fingerprint density at radius 1 is 1.07 bits per heavy atom. The van der Waals surface area contributed by atoms with E-state index in [4.69, 9.17) is 0 Å². The zero-order chi connectivity index (χ0) is 9.80. The summed E-state index contributed by atoms with van der Waals surface area (Å²) >= 11 is 0. The first kappa shape index (κ1) is 9.97. The van der Waals surface area contributed by atoms with Crippen LogP contribution >= 0.6 is 0 Å². The summed E-state index contributed by atoms with van der Waals surface area (Å²) in [6.45, 7) is 4.56. The molecule has 0 aromatic heterocycles. The molecule has 14 heavy (non-hydrogen) atoms. The quantitative estimate of drug-likeness (QED) is 0.631. The van der Waals surface area contributed by atoms with Crippen molar-refractivity contribution in [3.8, 4) is 0 Å². The van der Waals surface area contributed by atoms with E-state index >= 15 is 0 Å². The standard InChI is InChI=1S/C11H20N2O/c14-10-13-8-4-5-11(13)9-12-6-2-1-3-7-12/h10-11H,1-9H2. The molecule has 0 saturated carbocycles. The van der Waals surface area contributed by atoms with Gasteiger partial charge >= 0.3 is 0 Å². The van der Waals surface area contributed by atoms with Crippen LogP contribution in [0, 0.1) is 0 Å². The van der Waals surface area contributed by atoms with Gasteiger partial charge in [0.25, 0.3) is 0 Å². The van der Waals surface area contributed by atoms with Crippen molar-refractivity contribution in [2.24, 2.45) is 0 Å². The van der Waals surface area contributed by atoms with Crippen molar-refractivity contribution in [1.29, 1.82) is 0 Å². The summed E-state index contributed by atoms with van der Waals surface area (Å²) in [7, 11) is 0. The number of rotatable bonds is 3. The Bertz CT molecular complexity index is 190. The lowest BCUT2D eigenvalue weighted by molar-refractivity contribution is -0.119. The summed E-state index contributed by atoms with van der Waals surface area (Å²) in [6.07, 6.45) is 7.49. The van der Waals surface area contributed by atoms with Crippen LogP contribution in [-0.4, -0.2) is 48.4 Å². The van der Waals surface area contributed by atoms with Gasteiger partial charge in [-0.15, -0.1) is 0 Å². The fourth-order valence-electron chi connectivity index (χ4n) is 2.63. The van der Waals surface area contributed by atoms with Crippen molar-refractivity contribution < 1.29 is 4.79 Å². The number of hydrogen-bond acceptors (Lipinski definition) is 2. The van der Waals surface area contributed by atoms with Crippen LogP contribution < -0.4 is 0 Å². The fourth-order valence-corrected chi connectivity index (χ4v) is 2.63. The van der Waals surface area contributed by atoms with Gasteiger partial charge < -0.3 is 9.80 Å². The van der Waals surface area contributed by atoms with Gasteiger partial charge in [0.15, 0.2) is 0 Å². The molecule has 2 aliphatic heterocycles. The number of likely N-dealkylation sites (tertiary alicyclic amines) is 2. The van der Waals surface area contributed by atoms with Crippen LogP contribution in [0.4, 0.5) is 0 Å². The second-order valence-electron chi connectivity index (χ2n) is 4.50. The lowest BCUT2D eigenvalue weighted by atomic mass is 10.1. The van der Waals surface area contributed by atoms with E-state index in [1.54, 1.807) is 0 Å². The number of carbonyl (C=O) groups is 1. The molecule has 2 rings (SSSR count). The molecule has 1 amide bonds. The van der Waals surface area contributed by atoms with Crippen molar-refractivity contribution >= 4 is 6.41 Å². The van der Waals surface area contributed by atoms with E-state index in [2.05, 4.69) is 4.90 Å². The van der Waals surface area contributed by atoms with Gasteiger partial charge in [0.1, 0.15) is 0 Å². The van der Waals surface area contributed by atoms with Gasteiger partial charge in [0, 0.05) is 19.1 Å². The van der Waals surface area contributed by atoms with Gasteiger partial charge in [0.2, 0.25) is 6.41 Å². The van der Waals surface area contributed by atoms with Gasteiger partial charge in [-0.1, -0.05) is 6.42 Å². The van der Waals surface area contributed by atoms with Crippen molar-refractivity contribution in [3.05, 3.63) is 0 Å². The molecule has 80 valence electrons. The molecule has 3 nitrogen and oxygen atoms in total. The molecule has 2 aliphatic rings. The molecule has 0 radical (unpaired) electrons. The third kappa shape index (κ3) is 2.27. The number of hydrogen-bond donors (Lipinski definition) is 0. The number of piperidine rings is 1. The smallest absolute Gasteiger partial charge is 0.209 e. The van der Waals surface area contributed by atoms with Gasteiger partial charge in [-0.05, 0) is 38.8 Å². The predicted octanol–water partition coefficient (Wildman–Crippen LogP) is 1.09. The molecule has 0 bridgehead atoms. The predicted molar refractivity (Wildman–Crippen MR) is 56.1 cm³/mol. The highest BCUT2D eigenvalue weighted by atomic mass is 16.1. The molecule has 2 saturated heterocycles. The van der Waals surface area contributed by atoms with Gasteiger partial charge in [-0.2, -0.15) is 0 Å². The molecule has 0 aromatic carbocycles. The lowest BCUT2D eigenvalue weighted by Crippen LogP contribution is -2.41. The molecule has 2 fully saturated rings. The van der Waals surface area contributed by atoms with Crippen LogP contribution in [0.5, 0.6) is 0 Å². The Labute approximate surface area is 86.1 Å². The molecule has 0 aliphatic carbocycles. The first-order chi connectivity index (χ1) is 6.90. The molecule has 0 aromatic rings. The van der Waals surface area contributed by atoms with Crippen LogP contribution in [-0.2, 0) is 4.79 Å². The van der Waals surface area contributed by atoms with E-state index in [1.807, 2.05) is 4.90 Å². The van der Waals surface area contributed by atoms with Gasteiger partial charge in [-0.25, -0.2) is 0 Å². The average molecular weight is 196 g/mol. The van der Waals surface area contributed by atoms with E-state index in [1.165, 1.54) is 45.2 Å². The molecular weight excluding hydrogens is 176 g/mol. The van der Waals surface area contributed by atoms with Crippen LogP contribution in [0.25, 0.3) is 0 Å². The first-order valence-corrected chi connectivity index (χ1v) is 5.83. The highest BCUT2D eigenvalue weighted by Crippen LogP contribution is 2.18. The Morgan fingerprint density at radius 2 is 1.86 bits per heavy atom. The SMILES string of the molecule is O=CN1CCCC1CN1CCCCC1. The van der Waals surface area contributed by atoms with Crippen LogP contribution in [0.2, 0.25) is 0 Å². The zero-order valence-corrected chi connectivity index (χ0v) is 8.82. The maximum Gasteiger partial charge on any atom is 0.209 e. The zero-order valence-electron chi connectivity index (χ0n) is 8.82. The molecule has 2 heterocycles. The van der Waals surface area contributed by atoms with Crippen LogP contribution in [0.3, 0.4) is 0 Å². The maximum absolute atomic E-state index is 10.8. The minimum absolute atomic E-state index is 0.505. The minimum atomic E-state index is 0.505. The van der Waals surface area contributed by atoms with E-state index < -0.39 is 0 Å². The third-order valence-corrected chi connectivity index (χ3v) is 3.48. The van der Waals surface area contributed by atoms with E-state index in [9.17, 15) is 4.79 Å². The Morgan fingerprint density at radius 3 is 2.57 bits per heavy atom. The molecular formula is C11H20N2O.